The molecule has 9 heavy (non-hydrogen) atoms. The molecular formula is C4H6N2OS2. The minimum Gasteiger partial charge on any atom is -0.241 e. The molecule has 1 aromatic rings. The normalized spacial score (nSPS) is 17.0. The average molecular weight is 162 g/mol. The van der Waals surface area contributed by atoms with E-state index in [9.17, 15) is 4.21 Å². The van der Waals surface area contributed by atoms with E-state index in [0.717, 1.165) is 0 Å². The first-order valence-electron chi connectivity index (χ1n) is 2.19. The molecule has 0 spiro atoms. The minimum absolute atomic E-state index is 0.410. The maximum Gasteiger partial charge on any atom is 0.132 e. The molecule has 0 saturated heterocycles. The Morgan fingerprint density at radius 1 is 1.78 bits per heavy atom. The van der Waals surface area contributed by atoms with Crippen molar-refractivity contribution in [3.05, 3.63) is 16.8 Å². The van der Waals surface area contributed by atoms with Gasteiger partial charge in [-0.3, -0.25) is 0 Å². The molecule has 3 N–H and O–H groups in total. The molecule has 5 heteroatoms. The van der Waals surface area contributed by atoms with Gasteiger partial charge in [0, 0.05) is 5.38 Å². The lowest BCUT2D eigenvalue weighted by atomic mass is 10.7. The van der Waals surface area contributed by atoms with Crippen molar-refractivity contribution in [3.63, 3.8) is 0 Å². The Morgan fingerprint density at radius 3 is 2.67 bits per heavy atom. The van der Waals surface area contributed by atoms with Crippen LogP contribution < -0.4 is 5.14 Å². The van der Waals surface area contributed by atoms with Crippen molar-refractivity contribution in [2.24, 2.45) is 5.14 Å². The Balaban J connectivity index is 3.20. The molecule has 50 valence electrons. The van der Waals surface area contributed by atoms with Crippen molar-refractivity contribution >= 4 is 21.3 Å². The van der Waals surface area contributed by atoms with Crippen molar-refractivity contribution in [2.75, 3.05) is 0 Å². The van der Waals surface area contributed by atoms with E-state index in [1.165, 1.54) is 11.3 Å². The zero-order valence-electron chi connectivity index (χ0n) is 4.53. The quantitative estimate of drug-likeness (QED) is 0.636. The van der Waals surface area contributed by atoms with Crippen molar-refractivity contribution in [2.45, 2.75) is 4.90 Å². The summed E-state index contributed by atoms with van der Waals surface area (Å²) in [6.45, 7) is 0. The summed E-state index contributed by atoms with van der Waals surface area (Å²) in [5.41, 5.74) is 0. The van der Waals surface area contributed by atoms with Gasteiger partial charge in [0.05, 0.1) is 4.90 Å². The van der Waals surface area contributed by atoms with Gasteiger partial charge in [0.2, 0.25) is 0 Å². The zero-order chi connectivity index (χ0) is 6.91. The first kappa shape index (κ1) is 6.73. The number of hydrogen-bond donors (Lipinski definition) is 2. The van der Waals surface area contributed by atoms with Crippen molar-refractivity contribution in [3.8, 4) is 0 Å². The molecule has 0 radical (unpaired) electrons. The average Bonchev–Trinajstić information content (AvgIpc) is 2.08. The highest BCUT2D eigenvalue weighted by molar-refractivity contribution is 7.90. The van der Waals surface area contributed by atoms with Crippen LogP contribution in [0.4, 0.5) is 0 Å². The first-order chi connectivity index (χ1) is 4.11. The molecule has 1 aromatic heterocycles. The standard InChI is InChI=1S/C4H6N2OS2/c5-9(6,7)4-1-2-8-3-4/h1-3H,(H3,5,6,7). The van der Waals surface area contributed by atoms with Gasteiger partial charge in [-0.2, -0.15) is 11.3 Å². The molecule has 1 rings (SSSR count). The number of rotatable bonds is 1. The van der Waals surface area contributed by atoms with E-state index in [1.807, 2.05) is 0 Å². The van der Waals surface area contributed by atoms with E-state index in [0.29, 0.717) is 4.90 Å². The Labute approximate surface area is 57.6 Å². The van der Waals surface area contributed by atoms with Gasteiger partial charge >= 0.3 is 0 Å². The fraction of sp³-hybridized carbons (Fsp3) is 0. The number of hydrogen-bond acceptors (Lipinski definition) is 3. The second-order valence-electron chi connectivity index (χ2n) is 1.56. The molecule has 1 unspecified atom stereocenters. The van der Waals surface area contributed by atoms with Gasteiger partial charge in [0.15, 0.2) is 0 Å². The molecule has 0 saturated carbocycles. The topological polar surface area (TPSA) is 66.9 Å². The predicted molar refractivity (Wildman–Crippen MR) is 37.6 cm³/mol. The van der Waals surface area contributed by atoms with E-state index >= 15 is 0 Å². The van der Waals surface area contributed by atoms with Crippen LogP contribution in [0.25, 0.3) is 0 Å². The van der Waals surface area contributed by atoms with Crippen LogP contribution >= 0.6 is 11.3 Å². The highest BCUT2D eigenvalue weighted by Gasteiger charge is 2.00. The lowest BCUT2D eigenvalue weighted by Crippen LogP contribution is -2.08. The Hall–Kier alpha value is -0.390. The summed E-state index contributed by atoms with van der Waals surface area (Å²) < 4.78 is 17.6. The predicted octanol–water partition coefficient (Wildman–Crippen LogP) is 1.03. The largest absolute Gasteiger partial charge is 0.241 e. The van der Waals surface area contributed by atoms with Gasteiger partial charge in [-0.15, -0.1) is 0 Å². The summed E-state index contributed by atoms with van der Waals surface area (Å²) in [4.78, 5) is 0.410. The maximum atomic E-state index is 10.7. The molecule has 3 nitrogen and oxygen atoms in total. The molecule has 0 aliphatic rings. The van der Waals surface area contributed by atoms with Crippen LogP contribution in [0.1, 0.15) is 0 Å². The van der Waals surface area contributed by atoms with Gasteiger partial charge in [0.25, 0.3) is 0 Å². The van der Waals surface area contributed by atoms with Gasteiger partial charge < -0.3 is 0 Å². The smallest absolute Gasteiger partial charge is 0.132 e. The van der Waals surface area contributed by atoms with Crippen LogP contribution in [0.5, 0.6) is 0 Å². The van der Waals surface area contributed by atoms with E-state index < -0.39 is 9.92 Å². The van der Waals surface area contributed by atoms with Crippen molar-refractivity contribution < 1.29 is 4.21 Å². The summed E-state index contributed by atoms with van der Waals surface area (Å²) in [7, 11) is -2.95. The molecule has 0 amide bonds. The van der Waals surface area contributed by atoms with Crippen molar-refractivity contribution in [1.29, 1.82) is 4.78 Å². The van der Waals surface area contributed by atoms with Crippen LogP contribution in [0.2, 0.25) is 0 Å². The fourth-order valence-electron chi connectivity index (χ4n) is 0.425. The first-order valence-corrected chi connectivity index (χ1v) is 4.76. The number of nitrogens with two attached hydrogens (primary N) is 1. The molecule has 1 heterocycles. The van der Waals surface area contributed by atoms with Crippen LogP contribution in [-0.2, 0) is 9.92 Å². The summed E-state index contributed by atoms with van der Waals surface area (Å²) in [6, 6.07) is 1.60. The van der Waals surface area contributed by atoms with E-state index in [-0.39, 0.29) is 0 Å². The molecular weight excluding hydrogens is 156 g/mol. The summed E-state index contributed by atoms with van der Waals surface area (Å²) in [5, 5.41) is 8.37. The van der Waals surface area contributed by atoms with Gasteiger partial charge in [0.1, 0.15) is 9.92 Å². The number of nitrogens with one attached hydrogen (secondary N) is 1. The lowest BCUT2D eigenvalue weighted by Gasteiger charge is -1.91. The minimum atomic E-state index is -2.95. The van der Waals surface area contributed by atoms with E-state index in [2.05, 4.69) is 0 Å². The maximum absolute atomic E-state index is 10.7. The fourth-order valence-corrected chi connectivity index (χ4v) is 2.04. The SMILES string of the molecule is N=S(N)(=O)c1ccsc1. The number of thiophene rings is 1. The van der Waals surface area contributed by atoms with Gasteiger partial charge in [-0.05, 0) is 11.4 Å². The second kappa shape index (κ2) is 2.09. The van der Waals surface area contributed by atoms with Crippen LogP contribution in [0.3, 0.4) is 0 Å². The molecule has 1 atom stereocenters. The monoisotopic (exact) mass is 162 g/mol. The molecule has 0 aliphatic carbocycles. The Bertz CT molecular complexity index is 274. The van der Waals surface area contributed by atoms with Crippen molar-refractivity contribution in [1.82, 2.24) is 0 Å². The molecule has 0 fully saturated rings. The lowest BCUT2D eigenvalue weighted by molar-refractivity contribution is 0.676. The van der Waals surface area contributed by atoms with Crippen LogP contribution in [0.15, 0.2) is 21.7 Å². The third-order valence-corrected chi connectivity index (χ3v) is 2.63. The Kier molecular flexibility index (Phi) is 1.56. The summed E-state index contributed by atoms with van der Waals surface area (Å²) in [5.74, 6) is 0. The third kappa shape index (κ3) is 1.51. The van der Waals surface area contributed by atoms with Crippen LogP contribution in [-0.4, -0.2) is 4.21 Å². The highest BCUT2D eigenvalue weighted by atomic mass is 32.2. The Morgan fingerprint density at radius 2 is 2.44 bits per heavy atom. The van der Waals surface area contributed by atoms with Crippen LogP contribution in [0, 0.1) is 4.78 Å². The second-order valence-corrected chi connectivity index (χ2v) is 4.01. The molecule has 0 bridgehead atoms. The van der Waals surface area contributed by atoms with Gasteiger partial charge in [-0.25, -0.2) is 14.1 Å². The van der Waals surface area contributed by atoms with E-state index in [1.54, 1.807) is 16.8 Å². The van der Waals surface area contributed by atoms with E-state index in [4.69, 9.17) is 9.92 Å². The zero-order valence-corrected chi connectivity index (χ0v) is 6.17. The highest BCUT2D eigenvalue weighted by Crippen LogP contribution is 2.10. The molecule has 0 aliphatic heterocycles. The third-order valence-electron chi connectivity index (χ3n) is 0.845. The summed E-state index contributed by atoms with van der Waals surface area (Å²) in [6.07, 6.45) is 0. The summed E-state index contributed by atoms with van der Waals surface area (Å²) >= 11 is 1.39. The molecule has 0 aromatic carbocycles. The van der Waals surface area contributed by atoms with Gasteiger partial charge in [-0.1, -0.05) is 0 Å².